The largest absolute Gasteiger partial charge is 0.415 e. The third-order valence-electron chi connectivity index (χ3n) is 4.67. The number of nitrogens with one attached hydrogen (secondary N) is 1. The fourth-order valence-corrected chi connectivity index (χ4v) is 3.04. The number of aromatic nitrogens is 4. The van der Waals surface area contributed by atoms with Crippen LogP contribution >= 0.6 is 0 Å². The molecule has 2 heterocycles. The summed E-state index contributed by atoms with van der Waals surface area (Å²) in [5.41, 5.74) is 0.902. The van der Waals surface area contributed by atoms with E-state index in [4.69, 9.17) is 4.42 Å². The lowest BCUT2D eigenvalue weighted by atomic mass is 9.77. The Balaban J connectivity index is 1.54. The molecule has 0 aliphatic heterocycles. The molecule has 27 heavy (non-hydrogen) atoms. The Morgan fingerprint density at radius 2 is 1.81 bits per heavy atom. The van der Waals surface area contributed by atoms with E-state index < -0.39 is 12.3 Å². The third-order valence-corrected chi connectivity index (χ3v) is 4.67. The molecule has 1 N–H and O–H groups in total. The van der Waals surface area contributed by atoms with Crippen LogP contribution in [0.15, 0.2) is 41.1 Å². The number of anilines is 1. The average molecular weight is 375 g/mol. The highest BCUT2D eigenvalue weighted by atomic mass is 19.3. The highest BCUT2D eigenvalue weighted by Gasteiger charge is 2.30. The molecule has 2 aromatic heterocycles. The van der Waals surface area contributed by atoms with E-state index in [1.807, 2.05) is 0 Å². The van der Waals surface area contributed by atoms with E-state index in [9.17, 15) is 13.2 Å². The van der Waals surface area contributed by atoms with E-state index in [1.54, 1.807) is 18.2 Å². The van der Waals surface area contributed by atoms with Crippen molar-refractivity contribution in [2.45, 2.75) is 31.7 Å². The molecule has 1 fully saturated rings. The summed E-state index contributed by atoms with van der Waals surface area (Å²) in [5, 5.41) is 10.0. The maximum Gasteiger partial charge on any atom is 0.314 e. The molecular formula is C18H16F3N5O. The minimum Gasteiger partial charge on any atom is -0.415 e. The molecule has 1 unspecified atom stereocenters. The highest BCUT2D eigenvalue weighted by molar-refractivity contribution is 5.50. The summed E-state index contributed by atoms with van der Waals surface area (Å²) in [6.45, 7) is 0. The molecule has 1 atom stereocenters. The number of nitrogens with zero attached hydrogens (tertiary/aromatic N) is 4. The van der Waals surface area contributed by atoms with Gasteiger partial charge in [0, 0.05) is 18.0 Å². The molecule has 0 spiro atoms. The van der Waals surface area contributed by atoms with Gasteiger partial charge in [-0.15, -0.1) is 10.2 Å². The van der Waals surface area contributed by atoms with Crippen LogP contribution in [0.2, 0.25) is 0 Å². The second-order valence-electron chi connectivity index (χ2n) is 6.38. The lowest BCUT2D eigenvalue weighted by Gasteiger charge is -2.34. The van der Waals surface area contributed by atoms with Crippen molar-refractivity contribution < 1.29 is 17.6 Å². The first-order valence-corrected chi connectivity index (χ1v) is 8.57. The summed E-state index contributed by atoms with van der Waals surface area (Å²) in [4.78, 5) is 8.37. The minimum absolute atomic E-state index is 0.0819. The van der Waals surface area contributed by atoms with Gasteiger partial charge in [-0.3, -0.25) is 0 Å². The first-order chi connectivity index (χ1) is 13.1. The normalized spacial score (nSPS) is 15.6. The van der Waals surface area contributed by atoms with Gasteiger partial charge in [-0.05, 0) is 24.8 Å². The summed E-state index contributed by atoms with van der Waals surface area (Å²) in [7, 11) is 0. The highest BCUT2D eigenvalue weighted by Crippen LogP contribution is 2.40. The van der Waals surface area contributed by atoms with E-state index >= 15 is 0 Å². The summed E-state index contributed by atoms with van der Waals surface area (Å²) < 4.78 is 44.2. The first-order valence-electron chi connectivity index (χ1n) is 8.57. The monoisotopic (exact) mass is 375 g/mol. The van der Waals surface area contributed by atoms with Crippen LogP contribution in [0.3, 0.4) is 0 Å². The van der Waals surface area contributed by atoms with Crippen molar-refractivity contribution in [3.8, 4) is 11.5 Å². The molecule has 3 aromatic rings. The van der Waals surface area contributed by atoms with Crippen LogP contribution in [0, 0.1) is 11.7 Å². The van der Waals surface area contributed by atoms with E-state index in [0.29, 0.717) is 23.0 Å². The van der Waals surface area contributed by atoms with E-state index in [-0.39, 0.29) is 17.7 Å². The standard InChI is InChI=1S/C18H16F3N5O/c19-13-7-2-1-6-12(13)14(10-4-3-5-10)24-18-22-8-11(9-23-18)16-25-26-17(27-16)15(20)21/h1-2,6-10,14-15H,3-5H2,(H,22,23,24). The zero-order chi connectivity index (χ0) is 18.8. The smallest absolute Gasteiger partial charge is 0.314 e. The number of benzene rings is 1. The van der Waals surface area contributed by atoms with Gasteiger partial charge < -0.3 is 9.73 Å². The van der Waals surface area contributed by atoms with Crippen LogP contribution in [0.25, 0.3) is 11.5 Å². The van der Waals surface area contributed by atoms with E-state index in [2.05, 4.69) is 25.5 Å². The molecule has 9 heteroatoms. The Morgan fingerprint density at radius 3 is 2.41 bits per heavy atom. The average Bonchev–Trinajstić information content (AvgIpc) is 3.11. The first kappa shape index (κ1) is 17.4. The van der Waals surface area contributed by atoms with Crippen LogP contribution in [0.1, 0.15) is 43.2 Å². The van der Waals surface area contributed by atoms with Gasteiger partial charge in [0.15, 0.2) is 0 Å². The molecule has 1 aliphatic carbocycles. The Kier molecular flexibility index (Phi) is 4.74. The zero-order valence-corrected chi connectivity index (χ0v) is 14.1. The molecule has 0 amide bonds. The van der Waals surface area contributed by atoms with E-state index in [0.717, 1.165) is 19.3 Å². The van der Waals surface area contributed by atoms with Gasteiger partial charge in [0.1, 0.15) is 5.82 Å². The van der Waals surface area contributed by atoms with E-state index in [1.165, 1.54) is 18.5 Å². The maximum absolute atomic E-state index is 14.2. The van der Waals surface area contributed by atoms with Gasteiger partial charge in [-0.2, -0.15) is 8.78 Å². The fraction of sp³-hybridized carbons (Fsp3) is 0.333. The molecule has 140 valence electrons. The van der Waals surface area contributed by atoms with Crippen molar-refractivity contribution in [3.05, 3.63) is 53.9 Å². The molecule has 1 aromatic carbocycles. The Hall–Kier alpha value is -2.97. The quantitative estimate of drug-likeness (QED) is 0.681. The molecule has 0 bridgehead atoms. The molecule has 4 rings (SSSR count). The number of hydrogen-bond donors (Lipinski definition) is 1. The van der Waals surface area contributed by atoms with Crippen molar-refractivity contribution in [1.82, 2.24) is 20.2 Å². The van der Waals surface area contributed by atoms with Crippen molar-refractivity contribution in [1.29, 1.82) is 0 Å². The Labute approximate surface area is 152 Å². The van der Waals surface area contributed by atoms with Crippen LogP contribution in [0.5, 0.6) is 0 Å². The SMILES string of the molecule is Fc1ccccc1C(Nc1ncc(-c2nnc(C(F)F)o2)cn1)C1CCC1. The Morgan fingerprint density at radius 1 is 1.07 bits per heavy atom. The molecular weight excluding hydrogens is 359 g/mol. The van der Waals surface area contributed by atoms with Gasteiger partial charge in [-0.1, -0.05) is 24.6 Å². The molecule has 1 saturated carbocycles. The second-order valence-corrected chi connectivity index (χ2v) is 6.38. The number of alkyl halides is 2. The molecule has 0 saturated heterocycles. The zero-order valence-electron chi connectivity index (χ0n) is 14.1. The topological polar surface area (TPSA) is 76.7 Å². The molecule has 6 nitrogen and oxygen atoms in total. The summed E-state index contributed by atoms with van der Waals surface area (Å²) in [6.07, 6.45) is 3.08. The number of hydrogen-bond acceptors (Lipinski definition) is 6. The van der Waals surface area contributed by atoms with Crippen molar-refractivity contribution in [2.24, 2.45) is 5.92 Å². The fourth-order valence-electron chi connectivity index (χ4n) is 3.04. The lowest BCUT2D eigenvalue weighted by Crippen LogP contribution is -2.27. The van der Waals surface area contributed by atoms with Crippen LogP contribution in [0.4, 0.5) is 19.1 Å². The van der Waals surface area contributed by atoms with Gasteiger partial charge in [0.25, 0.3) is 11.8 Å². The van der Waals surface area contributed by atoms with Crippen molar-refractivity contribution in [3.63, 3.8) is 0 Å². The van der Waals surface area contributed by atoms with Gasteiger partial charge in [-0.25, -0.2) is 14.4 Å². The van der Waals surface area contributed by atoms with Gasteiger partial charge in [0.05, 0.1) is 11.6 Å². The lowest BCUT2D eigenvalue weighted by molar-refractivity contribution is 0.116. The van der Waals surface area contributed by atoms with Gasteiger partial charge in [0.2, 0.25) is 5.95 Å². The number of halogens is 3. The van der Waals surface area contributed by atoms with Crippen LogP contribution in [-0.4, -0.2) is 20.2 Å². The third kappa shape index (κ3) is 3.62. The summed E-state index contributed by atoms with van der Waals surface area (Å²) >= 11 is 0. The van der Waals surface area contributed by atoms with Crippen LogP contribution < -0.4 is 5.32 Å². The minimum atomic E-state index is -2.84. The predicted molar refractivity (Wildman–Crippen MR) is 90.4 cm³/mol. The Bertz CT molecular complexity index is 911. The second kappa shape index (κ2) is 7.34. The number of rotatable bonds is 6. The predicted octanol–water partition coefficient (Wildman–Crippen LogP) is 4.56. The molecule has 1 aliphatic rings. The summed E-state index contributed by atoms with van der Waals surface area (Å²) in [6, 6.07) is 6.40. The van der Waals surface area contributed by atoms with Crippen LogP contribution in [-0.2, 0) is 0 Å². The maximum atomic E-state index is 14.2. The molecule has 0 radical (unpaired) electrons. The van der Waals surface area contributed by atoms with Crippen molar-refractivity contribution in [2.75, 3.05) is 5.32 Å². The van der Waals surface area contributed by atoms with Crippen molar-refractivity contribution >= 4 is 5.95 Å². The summed E-state index contributed by atoms with van der Waals surface area (Å²) in [5.74, 6) is -0.496. The van der Waals surface area contributed by atoms with Gasteiger partial charge >= 0.3 is 6.43 Å².